The Balaban J connectivity index is 2.52. The molecule has 2 aromatic carbocycles. The highest BCUT2D eigenvalue weighted by molar-refractivity contribution is 8.04. The third kappa shape index (κ3) is 5.00. The monoisotopic (exact) mass is 424 g/mol. The van der Waals surface area contributed by atoms with Crippen molar-refractivity contribution in [1.82, 2.24) is 8.61 Å². The maximum absolute atomic E-state index is 13.2. The quantitative estimate of drug-likeness (QED) is 0.619. The van der Waals surface area contributed by atoms with Crippen LogP contribution in [0.5, 0.6) is 0 Å². The zero-order valence-electron chi connectivity index (χ0n) is 16.8. The van der Waals surface area contributed by atoms with Gasteiger partial charge in [-0.15, -0.1) is 0 Å². The molecule has 0 aromatic heterocycles. The van der Waals surface area contributed by atoms with Crippen LogP contribution in [0.3, 0.4) is 0 Å². The van der Waals surface area contributed by atoms with E-state index in [0.717, 1.165) is 11.1 Å². The van der Waals surface area contributed by atoms with E-state index in [0.29, 0.717) is 23.3 Å². The molecule has 0 heterocycles. The summed E-state index contributed by atoms with van der Waals surface area (Å²) in [5, 5.41) is 0. The number of benzene rings is 2. The normalized spacial score (nSPS) is 12.6. The van der Waals surface area contributed by atoms with E-state index in [9.17, 15) is 16.8 Å². The van der Waals surface area contributed by atoms with Crippen LogP contribution in [0.2, 0.25) is 0 Å². The Kier molecular flexibility index (Phi) is 7.39. The first kappa shape index (κ1) is 22.5. The molecule has 0 radical (unpaired) electrons. The van der Waals surface area contributed by atoms with Gasteiger partial charge in [0.25, 0.3) is 20.0 Å². The van der Waals surface area contributed by atoms with Crippen molar-refractivity contribution in [2.24, 2.45) is 0 Å². The van der Waals surface area contributed by atoms with Crippen LogP contribution in [0, 0.1) is 13.8 Å². The fraction of sp³-hybridized carbons (Fsp3) is 0.400. The van der Waals surface area contributed by atoms with Crippen molar-refractivity contribution in [3.05, 3.63) is 59.7 Å². The molecule has 0 saturated heterocycles. The van der Waals surface area contributed by atoms with Gasteiger partial charge in [0.05, 0.1) is 9.79 Å². The lowest BCUT2D eigenvalue weighted by atomic mass is 10.2. The van der Waals surface area contributed by atoms with Crippen molar-refractivity contribution in [2.75, 3.05) is 26.2 Å². The SMILES string of the molecule is CCN(CC)CCN(S(=O)(=O)c1ccc(C)cc1)S(=O)(=O)c1ccc(C)cc1. The summed E-state index contributed by atoms with van der Waals surface area (Å²) in [7, 11) is -8.45. The predicted molar refractivity (Wildman–Crippen MR) is 111 cm³/mol. The first-order valence-corrected chi connectivity index (χ1v) is 12.1. The van der Waals surface area contributed by atoms with E-state index < -0.39 is 20.0 Å². The number of hydrogen-bond donors (Lipinski definition) is 0. The lowest BCUT2D eigenvalue weighted by Crippen LogP contribution is -2.42. The van der Waals surface area contributed by atoms with Crippen LogP contribution in [0.4, 0.5) is 0 Å². The zero-order chi connectivity index (χ0) is 20.9. The van der Waals surface area contributed by atoms with Gasteiger partial charge < -0.3 is 4.90 Å². The highest BCUT2D eigenvalue weighted by Crippen LogP contribution is 2.25. The molecule has 0 amide bonds. The molecule has 28 heavy (non-hydrogen) atoms. The zero-order valence-corrected chi connectivity index (χ0v) is 18.4. The molecule has 2 aromatic rings. The average Bonchev–Trinajstić information content (AvgIpc) is 2.65. The fourth-order valence-corrected chi connectivity index (χ4v) is 6.41. The van der Waals surface area contributed by atoms with Gasteiger partial charge >= 0.3 is 0 Å². The summed E-state index contributed by atoms with van der Waals surface area (Å²) in [5.74, 6) is 0. The average molecular weight is 425 g/mol. The molecule has 0 atom stereocenters. The highest BCUT2D eigenvalue weighted by Gasteiger charge is 2.36. The van der Waals surface area contributed by atoms with E-state index in [1.54, 1.807) is 24.3 Å². The number of hydrogen-bond acceptors (Lipinski definition) is 5. The molecule has 154 valence electrons. The molecule has 0 saturated carbocycles. The van der Waals surface area contributed by atoms with Gasteiger partial charge in [-0.1, -0.05) is 53.0 Å². The van der Waals surface area contributed by atoms with Gasteiger partial charge in [0.1, 0.15) is 0 Å². The Labute approximate surface area is 168 Å². The molecular formula is C20H28N2O4S2. The van der Waals surface area contributed by atoms with Crippen molar-refractivity contribution in [2.45, 2.75) is 37.5 Å². The van der Waals surface area contributed by atoms with Gasteiger partial charge in [-0.3, -0.25) is 0 Å². The molecule has 2 rings (SSSR count). The summed E-state index contributed by atoms with van der Waals surface area (Å²) in [5.41, 5.74) is 1.80. The highest BCUT2D eigenvalue weighted by atomic mass is 32.3. The Morgan fingerprint density at radius 3 is 1.32 bits per heavy atom. The van der Waals surface area contributed by atoms with Crippen molar-refractivity contribution in [3.63, 3.8) is 0 Å². The second kappa shape index (κ2) is 9.17. The first-order chi connectivity index (χ1) is 13.1. The molecule has 0 spiro atoms. The summed E-state index contributed by atoms with van der Waals surface area (Å²) < 4.78 is 53.6. The van der Waals surface area contributed by atoms with Crippen LogP contribution in [0.15, 0.2) is 58.3 Å². The van der Waals surface area contributed by atoms with Crippen molar-refractivity contribution >= 4 is 20.0 Å². The molecule has 0 aliphatic rings. The van der Waals surface area contributed by atoms with Gasteiger partial charge in [0.15, 0.2) is 0 Å². The van der Waals surface area contributed by atoms with E-state index in [1.807, 2.05) is 32.6 Å². The summed E-state index contributed by atoms with van der Waals surface area (Å²) >= 11 is 0. The standard InChI is InChI=1S/C20H28N2O4S2/c1-5-21(6-2)15-16-22(27(23,24)19-11-7-17(3)8-12-19)28(25,26)20-13-9-18(4)10-14-20/h7-14H,5-6,15-16H2,1-4H3. The Morgan fingerprint density at radius 2 is 1.00 bits per heavy atom. The second-order valence-corrected chi connectivity index (χ2v) is 10.6. The number of nitrogens with zero attached hydrogens (tertiary/aromatic N) is 2. The minimum absolute atomic E-state index is 0.0340. The lowest BCUT2D eigenvalue weighted by molar-refractivity contribution is 0.294. The van der Waals surface area contributed by atoms with Crippen LogP contribution in [-0.4, -0.2) is 51.6 Å². The van der Waals surface area contributed by atoms with Crippen molar-refractivity contribution < 1.29 is 16.8 Å². The van der Waals surface area contributed by atoms with Gasteiger partial charge in [-0.2, -0.15) is 0 Å². The van der Waals surface area contributed by atoms with Crippen LogP contribution in [0.1, 0.15) is 25.0 Å². The Morgan fingerprint density at radius 1 is 0.643 bits per heavy atom. The Hall–Kier alpha value is -1.74. The molecule has 0 N–H and O–H groups in total. The maximum Gasteiger partial charge on any atom is 0.256 e. The van der Waals surface area contributed by atoms with E-state index in [2.05, 4.69) is 0 Å². The third-order valence-electron chi connectivity index (χ3n) is 4.67. The number of likely N-dealkylation sites (N-methyl/N-ethyl adjacent to an activating group) is 1. The first-order valence-electron chi connectivity index (χ1n) is 9.26. The van der Waals surface area contributed by atoms with Gasteiger partial charge in [0, 0.05) is 13.1 Å². The van der Waals surface area contributed by atoms with Crippen LogP contribution < -0.4 is 0 Å². The molecule has 0 unspecified atom stereocenters. The number of rotatable bonds is 9. The van der Waals surface area contributed by atoms with E-state index in [4.69, 9.17) is 0 Å². The molecule has 0 aliphatic heterocycles. The number of aryl methyl sites for hydroxylation is 2. The minimum Gasteiger partial charge on any atom is -0.303 e. The summed E-state index contributed by atoms with van der Waals surface area (Å²) in [6.07, 6.45) is 0. The van der Waals surface area contributed by atoms with Gasteiger partial charge in [-0.25, -0.2) is 16.8 Å². The molecule has 8 heteroatoms. The summed E-state index contributed by atoms with van der Waals surface area (Å²) in [6, 6.07) is 12.4. The van der Waals surface area contributed by atoms with E-state index in [1.165, 1.54) is 24.3 Å². The largest absolute Gasteiger partial charge is 0.303 e. The molecule has 0 fully saturated rings. The Bertz CT molecular complexity index is 904. The number of sulfonamides is 2. The molecule has 6 nitrogen and oxygen atoms in total. The summed E-state index contributed by atoms with van der Waals surface area (Å²) in [4.78, 5) is 1.92. The maximum atomic E-state index is 13.2. The van der Waals surface area contributed by atoms with Crippen molar-refractivity contribution in [1.29, 1.82) is 0 Å². The van der Waals surface area contributed by atoms with Crippen LogP contribution in [0.25, 0.3) is 0 Å². The van der Waals surface area contributed by atoms with Gasteiger partial charge in [-0.05, 0) is 51.2 Å². The molecule has 0 bridgehead atoms. The smallest absolute Gasteiger partial charge is 0.256 e. The topological polar surface area (TPSA) is 74.8 Å². The minimum atomic E-state index is -4.23. The van der Waals surface area contributed by atoms with Crippen LogP contribution >= 0.6 is 0 Å². The molecule has 0 aliphatic carbocycles. The fourth-order valence-electron chi connectivity index (χ4n) is 2.79. The van der Waals surface area contributed by atoms with Crippen molar-refractivity contribution in [3.8, 4) is 0 Å². The predicted octanol–water partition coefficient (Wildman–Crippen LogP) is 3.02. The third-order valence-corrected chi connectivity index (χ3v) is 9.02. The lowest BCUT2D eigenvalue weighted by Gasteiger charge is -2.25. The second-order valence-electron chi connectivity index (χ2n) is 6.66. The molecular weight excluding hydrogens is 396 g/mol. The van der Waals surface area contributed by atoms with E-state index >= 15 is 0 Å². The van der Waals surface area contributed by atoms with Gasteiger partial charge in [0.2, 0.25) is 0 Å². The van der Waals surface area contributed by atoms with Crippen LogP contribution in [-0.2, 0) is 20.0 Å². The summed E-state index contributed by atoms with van der Waals surface area (Å²) in [6.45, 7) is 9.19. The van der Waals surface area contributed by atoms with E-state index in [-0.39, 0.29) is 16.3 Å².